The van der Waals surface area contributed by atoms with Gasteiger partial charge in [0.2, 0.25) is 0 Å². The number of aromatic nitrogens is 2. The second kappa shape index (κ2) is 2.55. The maximum absolute atomic E-state index is 3.99. The molecule has 0 atom stereocenters. The van der Waals surface area contributed by atoms with Gasteiger partial charge in [0.15, 0.2) is 5.16 Å². The summed E-state index contributed by atoms with van der Waals surface area (Å²) in [5.74, 6) is 0. The molecule has 4 heteroatoms. The van der Waals surface area contributed by atoms with Crippen molar-refractivity contribution < 1.29 is 0 Å². The van der Waals surface area contributed by atoms with E-state index in [0.717, 1.165) is 9.76 Å². The van der Waals surface area contributed by atoms with Crippen molar-refractivity contribution in [1.29, 1.82) is 0 Å². The third-order valence-corrected chi connectivity index (χ3v) is 1.71. The van der Waals surface area contributed by atoms with Gasteiger partial charge in [-0.15, -0.1) is 0 Å². The molecule has 0 aliphatic carbocycles. The Morgan fingerprint density at radius 3 is 2.88 bits per heavy atom. The van der Waals surface area contributed by atoms with Crippen LogP contribution in [0, 0.1) is 0 Å². The zero-order valence-electron chi connectivity index (χ0n) is 4.31. The van der Waals surface area contributed by atoms with Crippen LogP contribution < -0.4 is 0 Å². The molecular weight excluding hydrogens is 188 g/mol. The second-order valence-corrected chi connectivity index (χ2v) is 2.89. The number of thioether (sulfide) groups is 1. The average molecular weight is 193 g/mol. The number of imidazole rings is 1. The van der Waals surface area contributed by atoms with Crippen LogP contribution in [-0.4, -0.2) is 16.2 Å². The summed E-state index contributed by atoms with van der Waals surface area (Å²) in [6.45, 7) is 0. The fraction of sp³-hybridized carbons (Fsp3) is 0.250. The molecule has 0 spiro atoms. The van der Waals surface area contributed by atoms with Gasteiger partial charge in [0.1, 0.15) is 4.60 Å². The lowest BCUT2D eigenvalue weighted by atomic mass is 11.0. The molecule has 0 saturated carbocycles. The predicted molar refractivity (Wildman–Crippen MR) is 38.1 cm³/mol. The van der Waals surface area contributed by atoms with E-state index >= 15 is 0 Å². The zero-order chi connectivity index (χ0) is 5.98. The molecule has 1 rings (SSSR count). The van der Waals surface area contributed by atoms with Gasteiger partial charge < -0.3 is 4.98 Å². The first kappa shape index (κ1) is 6.16. The maximum atomic E-state index is 3.99. The van der Waals surface area contributed by atoms with Crippen molar-refractivity contribution in [2.75, 3.05) is 6.26 Å². The number of hydrogen-bond donors (Lipinski definition) is 1. The normalized spacial score (nSPS) is 9.75. The standard InChI is InChI=1S/C4H5BrN2S/c1-8-4-6-2-3(5)7-4/h2H,1H3,(H,6,7). The maximum Gasteiger partial charge on any atom is 0.165 e. The number of H-pyrrole nitrogens is 1. The molecule has 1 aromatic rings. The van der Waals surface area contributed by atoms with Gasteiger partial charge in [0.05, 0.1) is 6.20 Å². The number of aromatic amines is 1. The topological polar surface area (TPSA) is 28.7 Å². The van der Waals surface area contributed by atoms with E-state index in [0.29, 0.717) is 0 Å². The van der Waals surface area contributed by atoms with Crippen LogP contribution >= 0.6 is 27.7 Å². The zero-order valence-corrected chi connectivity index (χ0v) is 6.71. The first-order chi connectivity index (χ1) is 3.83. The molecule has 2 nitrogen and oxygen atoms in total. The number of rotatable bonds is 1. The van der Waals surface area contributed by atoms with Crippen LogP contribution in [0.15, 0.2) is 16.0 Å². The van der Waals surface area contributed by atoms with E-state index in [1.165, 1.54) is 0 Å². The van der Waals surface area contributed by atoms with Crippen LogP contribution in [0.4, 0.5) is 0 Å². The molecular formula is C4H5BrN2S. The Morgan fingerprint density at radius 1 is 1.88 bits per heavy atom. The van der Waals surface area contributed by atoms with E-state index in [9.17, 15) is 0 Å². The van der Waals surface area contributed by atoms with Crippen molar-refractivity contribution in [3.63, 3.8) is 0 Å². The summed E-state index contributed by atoms with van der Waals surface area (Å²) in [7, 11) is 0. The van der Waals surface area contributed by atoms with Crippen LogP contribution in [-0.2, 0) is 0 Å². The van der Waals surface area contributed by atoms with E-state index in [-0.39, 0.29) is 0 Å². The molecule has 0 aliphatic rings. The first-order valence-corrected chi connectivity index (χ1v) is 4.09. The van der Waals surface area contributed by atoms with Gasteiger partial charge in [-0.25, -0.2) is 4.98 Å². The van der Waals surface area contributed by atoms with E-state index in [1.54, 1.807) is 18.0 Å². The summed E-state index contributed by atoms with van der Waals surface area (Å²) < 4.78 is 0.932. The van der Waals surface area contributed by atoms with Crippen LogP contribution in [0.2, 0.25) is 0 Å². The van der Waals surface area contributed by atoms with Crippen LogP contribution in [0.5, 0.6) is 0 Å². The lowest BCUT2D eigenvalue weighted by Gasteiger charge is -1.80. The summed E-state index contributed by atoms with van der Waals surface area (Å²) in [4.78, 5) is 6.99. The van der Waals surface area contributed by atoms with Gasteiger partial charge in [-0.05, 0) is 22.2 Å². The van der Waals surface area contributed by atoms with Crippen molar-refractivity contribution in [3.05, 3.63) is 10.8 Å². The van der Waals surface area contributed by atoms with Crippen molar-refractivity contribution in [3.8, 4) is 0 Å². The van der Waals surface area contributed by atoms with Gasteiger partial charge in [-0.1, -0.05) is 11.8 Å². The Balaban J connectivity index is 2.84. The summed E-state index contributed by atoms with van der Waals surface area (Å²) in [5, 5.41) is 0.942. The van der Waals surface area contributed by atoms with Gasteiger partial charge in [0.25, 0.3) is 0 Å². The van der Waals surface area contributed by atoms with Crippen molar-refractivity contribution in [2.24, 2.45) is 0 Å². The molecule has 8 heavy (non-hydrogen) atoms. The van der Waals surface area contributed by atoms with Gasteiger partial charge >= 0.3 is 0 Å². The Hall–Kier alpha value is 0.0400. The molecule has 44 valence electrons. The van der Waals surface area contributed by atoms with Crippen LogP contribution in [0.1, 0.15) is 0 Å². The highest BCUT2D eigenvalue weighted by Crippen LogP contribution is 2.12. The number of hydrogen-bond acceptors (Lipinski definition) is 2. The molecule has 0 aromatic carbocycles. The largest absolute Gasteiger partial charge is 0.328 e. The molecule has 0 radical (unpaired) electrons. The summed E-state index contributed by atoms with van der Waals surface area (Å²) in [5.41, 5.74) is 0. The highest BCUT2D eigenvalue weighted by Gasteiger charge is 1.91. The molecule has 1 heterocycles. The van der Waals surface area contributed by atoms with E-state index in [1.807, 2.05) is 6.26 Å². The second-order valence-electron chi connectivity index (χ2n) is 1.24. The van der Waals surface area contributed by atoms with E-state index < -0.39 is 0 Å². The monoisotopic (exact) mass is 192 g/mol. The Morgan fingerprint density at radius 2 is 2.62 bits per heavy atom. The highest BCUT2D eigenvalue weighted by molar-refractivity contribution is 9.10. The fourth-order valence-electron chi connectivity index (χ4n) is 0.386. The van der Waals surface area contributed by atoms with Gasteiger partial charge in [0, 0.05) is 0 Å². The minimum absolute atomic E-state index is 0.932. The van der Waals surface area contributed by atoms with Crippen molar-refractivity contribution >= 4 is 27.7 Å². The molecule has 0 saturated heterocycles. The van der Waals surface area contributed by atoms with Gasteiger partial charge in [-0.3, -0.25) is 0 Å². The van der Waals surface area contributed by atoms with Gasteiger partial charge in [-0.2, -0.15) is 0 Å². The Labute approximate surface area is 60.2 Å². The molecule has 0 amide bonds. The van der Waals surface area contributed by atoms with Crippen LogP contribution in [0.3, 0.4) is 0 Å². The number of halogens is 1. The quantitative estimate of drug-likeness (QED) is 0.690. The lowest BCUT2D eigenvalue weighted by molar-refractivity contribution is 1.06. The number of nitrogens with one attached hydrogen (secondary N) is 1. The molecule has 0 aliphatic heterocycles. The first-order valence-electron chi connectivity index (χ1n) is 2.07. The number of nitrogens with zero attached hydrogens (tertiary/aromatic N) is 1. The van der Waals surface area contributed by atoms with E-state index in [2.05, 4.69) is 25.9 Å². The average Bonchev–Trinajstić information content (AvgIpc) is 2.14. The Kier molecular flexibility index (Phi) is 1.96. The minimum Gasteiger partial charge on any atom is -0.328 e. The summed E-state index contributed by atoms with van der Waals surface area (Å²) >= 11 is 4.83. The molecule has 1 aromatic heterocycles. The molecule has 1 N–H and O–H groups in total. The molecule has 0 fully saturated rings. The SMILES string of the molecule is CSc1ncc(Br)[nH]1. The summed E-state index contributed by atoms with van der Waals surface area (Å²) in [6, 6.07) is 0. The summed E-state index contributed by atoms with van der Waals surface area (Å²) in [6.07, 6.45) is 3.72. The Bertz CT molecular complexity index is 174. The third-order valence-electron chi connectivity index (χ3n) is 0.715. The van der Waals surface area contributed by atoms with E-state index in [4.69, 9.17) is 0 Å². The van der Waals surface area contributed by atoms with Crippen molar-refractivity contribution in [2.45, 2.75) is 5.16 Å². The fourth-order valence-corrected chi connectivity index (χ4v) is 1.18. The van der Waals surface area contributed by atoms with Crippen molar-refractivity contribution in [1.82, 2.24) is 9.97 Å². The highest BCUT2D eigenvalue weighted by atomic mass is 79.9. The smallest absolute Gasteiger partial charge is 0.165 e. The predicted octanol–water partition coefficient (Wildman–Crippen LogP) is 1.89. The lowest BCUT2D eigenvalue weighted by Crippen LogP contribution is -1.67. The minimum atomic E-state index is 0.932. The van der Waals surface area contributed by atoms with Crippen LogP contribution in [0.25, 0.3) is 0 Å². The molecule has 0 bridgehead atoms. The molecule has 0 unspecified atom stereocenters. The third kappa shape index (κ3) is 1.26.